The van der Waals surface area contributed by atoms with Crippen molar-refractivity contribution in [2.24, 2.45) is 12.2 Å². The van der Waals surface area contributed by atoms with E-state index in [-0.39, 0.29) is 0 Å². The van der Waals surface area contributed by atoms with Crippen LogP contribution in [0.1, 0.15) is 18.2 Å². The first-order chi connectivity index (χ1) is 8.70. The predicted octanol–water partition coefficient (Wildman–Crippen LogP) is 2.20. The Kier molecular flexibility index (Phi) is 3.62. The number of oxime groups is 1. The predicted molar refractivity (Wildman–Crippen MR) is 68.0 cm³/mol. The number of rotatable bonds is 4. The van der Waals surface area contributed by atoms with Crippen LogP contribution in [-0.2, 0) is 13.7 Å². The second-order valence-electron chi connectivity index (χ2n) is 3.95. The van der Waals surface area contributed by atoms with Gasteiger partial charge in [0, 0.05) is 18.8 Å². The Morgan fingerprint density at radius 3 is 2.83 bits per heavy atom. The van der Waals surface area contributed by atoms with Gasteiger partial charge in [0.05, 0.1) is 11.4 Å². The molecule has 0 aliphatic heterocycles. The topological polar surface area (TPSA) is 59.6 Å². The molecular weight excluding hydrogens is 230 g/mol. The Morgan fingerprint density at radius 1 is 1.39 bits per heavy atom. The SMILES string of the molecule is C/C(=N/O)c1ccccc1OCc1ccn(C)n1. The Bertz CT molecular complexity index is 561. The van der Waals surface area contributed by atoms with E-state index in [1.54, 1.807) is 11.6 Å². The molecule has 94 valence electrons. The standard InChI is InChI=1S/C13H15N3O2/c1-10(15-17)12-5-3-4-6-13(12)18-9-11-7-8-16(2)14-11/h3-8,17H,9H2,1-2H3/b15-10-. The van der Waals surface area contributed by atoms with Gasteiger partial charge in [-0.05, 0) is 25.1 Å². The van der Waals surface area contributed by atoms with Gasteiger partial charge < -0.3 is 9.94 Å². The zero-order chi connectivity index (χ0) is 13.0. The molecule has 2 rings (SSSR count). The van der Waals surface area contributed by atoms with Crippen LogP contribution in [-0.4, -0.2) is 20.7 Å². The summed E-state index contributed by atoms with van der Waals surface area (Å²) in [6.45, 7) is 2.11. The largest absolute Gasteiger partial charge is 0.487 e. The van der Waals surface area contributed by atoms with Crippen molar-refractivity contribution < 1.29 is 9.94 Å². The van der Waals surface area contributed by atoms with E-state index in [1.807, 2.05) is 43.6 Å². The van der Waals surface area contributed by atoms with Crippen LogP contribution in [0, 0.1) is 0 Å². The third kappa shape index (κ3) is 2.68. The van der Waals surface area contributed by atoms with E-state index in [2.05, 4.69) is 10.3 Å². The van der Waals surface area contributed by atoms with Gasteiger partial charge >= 0.3 is 0 Å². The minimum atomic E-state index is 0.385. The lowest BCUT2D eigenvalue weighted by atomic mass is 10.1. The fraction of sp³-hybridized carbons (Fsp3) is 0.231. The van der Waals surface area contributed by atoms with Crippen molar-refractivity contribution in [3.05, 3.63) is 47.8 Å². The molecule has 0 fully saturated rings. The Balaban J connectivity index is 2.14. The zero-order valence-electron chi connectivity index (χ0n) is 10.4. The minimum absolute atomic E-state index is 0.385. The maximum Gasteiger partial charge on any atom is 0.132 e. The van der Waals surface area contributed by atoms with Crippen LogP contribution in [0.15, 0.2) is 41.7 Å². The van der Waals surface area contributed by atoms with Crippen LogP contribution < -0.4 is 4.74 Å². The maximum absolute atomic E-state index is 8.82. The van der Waals surface area contributed by atoms with Crippen molar-refractivity contribution in [2.75, 3.05) is 0 Å². The van der Waals surface area contributed by atoms with Crippen LogP contribution in [0.2, 0.25) is 0 Å². The zero-order valence-corrected chi connectivity index (χ0v) is 10.4. The first-order valence-electron chi connectivity index (χ1n) is 5.60. The summed E-state index contributed by atoms with van der Waals surface area (Å²) in [7, 11) is 1.86. The molecule has 1 N–H and O–H groups in total. The number of hydrogen-bond acceptors (Lipinski definition) is 4. The summed E-state index contributed by atoms with van der Waals surface area (Å²) in [6.07, 6.45) is 1.87. The molecule has 5 nitrogen and oxygen atoms in total. The average Bonchev–Trinajstić information content (AvgIpc) is 2.81. The highest BCUT2D eigenvalue weighted by molar-refractivity contribution is 6.00. The molecule has 0 aliphatic rings. The van der Waals surface area contributed by atoms with E-state index >= 15 is 0 Å². The van der Waals surface area contributed by atoms with Gasteiger partial charge in [-0.15, -0.1) is 0 Å². The molecule has 0 saturated heterocycles. The van der Waals surface area contributed by atoms with Gasteiger partial charge in [0.2, 0.25) is 0 Å². The lowest BCUT2D eigenvalue weighted by Crippen LogP contribution is -2.03. The fourth-order valence-electron chi connectivity index (χ4n) is 1.64. The van der Waals surface area contributed by atoms with Gasteiger partial charge in [-0.1, -0.05) is 17.3 Å². The monoisotopic (exact) mass is 245 g/mol. The summed E-state index contributed by atoms with van der Waals surface area (Å²) in [5, 5.41) is 16.2. The second kappa shape index (κ2) is 5.35. The van der Waals surface area contributed by atoms with E-state index < -0.39 is 0 Å². The summed E-state index contributed by atoms with van der Waals surface area (Å²) in [4.78, 5) is 0. The number of para-hydroxylation sites is 1. The van der Waals surface area contributed by atoms with Crippen molar-refractivity contribution in [1.82, 2.24) is 9.78 Å². The average molecular weight is 245 g/mol. The van der Waals surface area contributed by atoms with E-state index in [0.717, 1.165) is 11.3 Å². The number of aromatic nitrogens is 2. The van der Waals surface area contributed by atoms with Crippen LogP contribution in [0.4, 0.5) is 0 Å². The van der Waals surface area contributed by atoms with Gasteiger partial charge in [-0.2, -0.15) is 5.10 Å². The number of ether oxygens (including phenoxy) is 1. The van der Waals surface area contributed by atoms with Crippen LogP contribution in [0.5, 0.6) is 5.75 Å². The van der Waals surface area contributed by atoms with Crippen molar-refractivity contribution in [3.8, 4) is 5.75 Å². The van der Waals surface area contributed by atoms with Crippen LogP contribution >= 0.6 is 0 Å². The van der Waals surface area contributed by atoms with Crippen molar-refractivity contribution in [1.29, 1.82) is 0 Å². The molecule has 1 aromatic heterocycles. The normalized spacial score (nSPS) is 11.6. The number of benzene rings is 1. The molecule has 18 heavy (non-hydrogen) atoms. The van der Waals surface area contributed by atoms with Gasteiger partial charge in [-0.3, -0.25) is 4.68 Å². The number of hydrogen-bond donors (Lipinski definition) is 1. The molecule has 1 aromatic carbocycles. The first kappa shape index (κ1) is 12.2. The Morgan fingerprint density at radius 2 is 2.17 bits per heavy atom. The highest BCUT2D eigenvalue weighted by Gasteiger charge is 2.07. The van der Waals surface area contributed by atoms with Crippen molar-refractivity contribution in [2.45, 2.75) is 13.5 Å². The molecule has 2 aromatic rings. The summed E-state index contributed by atoms with van der Waals surface area (Å²) in [5.41, 5.74) is 2.15. The third-order valence-corrected chi connectivity index (χ3v) is 2.57. The molecule has 0 atom stereocenters. The lowest BCUT2D eigenvalue weighted by Gasteiger charge is -2.09. The van der Waals surface area contributed by atoms with E-state index in [9.17, 15) is 0 Å². The molecule has 0 spiro atoms. The Hall–Kier alpha value is -2.30. The van der Waals surface area contributed by atoms with Gasteiger partial charge in [0.15, 0.2) is 0 Å². The molecule has 0 amide bonds. The molecule has 0 aliphatic carbocycles. The van der Waals surface area contributed by atoms with Crippen molar-refractivity contribution >= 4 is 5.71 Å². The molecule has 5 heteroatoms. The fourth-order valence-corrected chi connectivity index (χ4v) is 1.64. The molecule has 0 saturated carbocycles. The first-order valence-corrected chi connectivity index (χ1v) is 5.60. The molecule has 0 radical (unpaired) electrons. The highest BCUT2D eigenvalue weighted by Crippen LogP contribution is 2.19. The highest BCUT2D eigenvalue weighted by atomic mass is 16.5. The van der Waals surface area contributed by atoms with Gasteiger partial charge in [0.25, 0.3) is 0 Å². The van der Waals surface area contributed by atoms with Gasteiger partial charge in [-0.25, -0.2) is 0 Å². The smallest absolute Gasteiger partial charge is 0.132 e. The van der Waals surface area contributed by atoms with Gasteiger partial charge in [0.1, 0.15) is 12.4 Å². The number of aryl methyl sites for hydroxylation is 1. The summed E-state index contributed by atoms with van der Waals surface area (Å²) >= 11 is 0. The summed E-state index contributed by atoms with van der Waals surface area (Å²) in [5.74, 6) is 0.679. The maximum atomic E-state index is 8.82. The van der Waals surface area contributed by atoms with E-state index in [4.69, 9.17) is 9.94 Å². The van der Waals surface area contributed by atoms with Crippen LogP contribution in [0.3, 0.4) is 0 Å². The van der Waals surface area contributed by atoms with Crippen LogP contribution in [0.25, 0.3) is 0 Å². The molecule has 1 heterocycles. The van der Waals surface area contributed by atoms with Crippen molar-refractivity contribution in [3.63, 3.8) is 0 Å². The van der Waals surface area contributed by atoms with E-state index in [1.165, 1.54) is 0 Å². The third-order valence-electron chi connectivity index (χ3n) is 2.57. The molecular formula is C13H15N3O2. The Labute approximate surface area is 105 Å². The lowest BCUT2D eigenvalue weighted by molar-refractivity contribution is 0.298. The summed E-state index contributed by atoms with van der Waals surface area (Å²) in [6, 6.07) is 9.34. The van der Waals surface area contributed by atoms with E-state index in [0.29, 0.717) is 18.1 Å². The second-order valence-corrected chi connectivity index (χ2v) is 3.95. The molecule has 0 unspecified atom stereocenters. The number of nitrogens with zero attached hydrogens (tertiary/aromatic N) is 3. The summed E-state index contributed by atoms with van der Waals surface area (Å²) < 4.78 is 7.42. The minimum Gasteiger partial charge on any atom is -0.487 e. The quantitative estimate of drug-likeness (QED) is 0.510. The molecule has 0 bridgehead atoms.